The van der Waals surface area contributed by atoms with Gasteiger partial charge in [0.1, 0.15) is 6.54 Å². The normalized spacial score (nSPS) is 10.6. The van der Waals surface area contributed by atoms with Crippen molar-refractivity contribution in [3.8, 4) is 0 Å². The van der Waals surface area contributed by atoms with Crippen molar-refractivity contribution in [1.82, 2.24) is 9.88 Å². The molecule has 0 fully saturated rings. The third-order valence-corrected chi connectivity index (χ3v) is 3.12. The molecule has 0 spiro atoms. The molecular weight excluding hydrogens is 296 g/mol. The van der Waals surface area contributed by atoms with Gasteiger partial charge in [-0.2, -0.15) is 0 Å². The third-order valence-electron chi connectivity index (χ3n) is 2.63. The van der Waals surface area contributed by atoms with Crippen LogP contribution in [0.1, 0.15) is 6.92 Å². The van der Waals surface area contributed by atoms with Crippen molar-refractivity contribution < 1.29 is 4.79 Å². The van der Waals surface area contributed by atoms with Gasteiger partial charge in [0.05, 0.1) is 5.52 Å². The molecule has 0 bridgehead atoms. The Balaban J connectivity index is 2.49. The minimum atomic E-state index is -0.0645. The summed E-state index contributed by atoms with van der Waals surface area (Å²) in [6, 6.07) is 6.94. The molecule has 0 aliphatic carbocycles. The van der Waals surface area contributed by atoms with E-state index in [2.05, 4.69) is 21.2 Å². The van der Waals surface area contributed by atoms with Crippen molar-refractivity contribution in [3.05, 3.63) is 45.2 Å². The van der Waals surface area contributed by atoms with Gasteiger partial charge in [-0.1, -0.05) is 15.9 Å². The highest BCUT2D eigenvalue weighted by Crippen LogP contribution is 2.16. The zero-order chi connectivity index (χ0) is 13.1. The number of amides is 1. The number of fused-ring (bicyclic) bond motifs is 1. The Morgan fingerprint density at radius 2 is 2.17 bits per heavy atom. The maximum absolute atomic E-state index is 11.8. The maximum atomic E-state index is 11.8. The number of halogens is 1. The van der Waals surface area contributed by atoms with Gasteiger partial charge in [-0.05, 0) is 25.1 Å². The summed E-state index contributed by atoms with van der Waals surface area (Å²) in [7, 11) is 0. The molecule has 4 nitrogen and oxygen atoms in total. The second kappa shape index (κ2) is 5.35. The van der Waals surface area contributed by atoms with E-state index >= 15 is 0 Å². The molecule has 1 heterocycles. The smallest absolute Gasteiger partial charge is 0.239 e. The standard InChI is InChI=1S/C13H13BrN2O2/c1-2-15-13(18)8-16-6-5-12(17)10-7-9(14)3-4-11(10)16/h3-7H,2,8H2,1H3,(H,15,18). The molecule has 1 N–H and O–H groups in total. The zero-order valence-corrected chi connectivity index (χ0v) is 11.5. The SMILES string of the molecule is CCNC(=O)Cn1ccc(=O)c2cc(Br)ccc21. The monoisotopic (exact) mass is 308 g/mol. The molecule has 1 aromatic heterocycles. The topological polar surface area (TPSA) is 51.1 Å². The van der Waals surface area contributed by atoms with Crippen molar-refractivity contribution in [2.45, 2.75) is 13.5 Å². The first-order chi connectivity index (χ1) is 8.61. The van der Waals surface area contributed by atoms with E-state index in [0.29, 0.717) is 11.9 Å². The fourth-order valence-electron chi connectivity index (χ4n) is 1.83. The molecule has 0 atom stereocenters. The molecule has 0 aliphatic heterocycles. The van der Waals surface area contributed by atoms with Crippen molar-refractivity contribution in [3.63, 3.8) is 0 Å². The van der Waals surface area contributed by atoms with E-state index in [1.807, 2.05) is 19.1 Å². The number of likely N-dealkylation sites (N-methyl/N-ethyl adjacent to an activating group) is 1. The number of rotatable bonds is 3. The lowest BCUT2D eigenvalue weighted by molar-refractivity contribution is -0.121. The van der Waals surface area contributed by atoms with Crippen molar-refractivity contribution >= 4 is 32.7 Å². The third kappa shape index (κ3) is 2.61. The number of hydrogen-bond acceptors (Lipinski definition) is 2. The van der Waals surface area contributed by atoms with Crippen LogP contribution in [0.5, 0.6) is 0 Å². The number of carbonyl (C=O) groups excluding carboxylic acids is 1. The maximum Gasteiger partial charge on any atom is 0.239 e. The Labute approximate surface area is 113 Å². The zero-order valence-electron chi connectivity index (χ0n) is 9.94. The van der Waals surface area contributed by atoms with E-state index in [-0.39, 0.29) is 17.9 Å². The van der Waals surface area contributed by atoms with Crippen LogP contribution in [0.3, 0.4) is 0 Å². The first-order valence-corrected chi connectivity index (χ1v) is 6.46. The highest BCUT2D eigenvalue weighted by molar-refractivity contribution is 9.10. The lowest BCUT2D eigenvalue weighted by Gasteiger charge is -2.10. The summed E-state index contributed by atoms with van der Waals surface area (Å²) >= 11 is 3.34. The van der Waals surface area contributed by atoms with E-state index in [1.54, 1.807) is 16.8 Å². The summed E-state index contributed by atoms with van der Waals surface area (Å²) in [6.07, 6.45) is 1.65. The predicted octanol–water partition coefficient (Wildman–Crippen LogP) is 1.90. The largest absolute Gasteiger partial charge is 0.355 e. The first kappa shape index (κ1) is 12.8. The number of hydrogen-bond donors (Lipinski definition) is 1. The second-order valence-electron chi connectivity index (χ2n) is 3.92. The van der Waals surface area contributed by atoms with Gasteiger partial charge in [0.2, 0.25) is 5.91 Å². The van der Waals surface area contributed by atoms with Gasteiger partial charge in [0, 0.05) is 28.7 Å². The Kier molecular flexibility index (Phi) is 3.81. The molecule has 18 heavy (non-hydrogen) atoms. The second-order valence-corrected chi connectivity index (χ2v) is 4.84. The Morgan fingerprint density at radius 3 is 2.89 bits per heavy atom. The molecule has 0 saturated carbocycles. The Bertz CT molecular complexity index is 649. The van der Waals surface area contributed by atoms with Crippen LogP contribution in [0.15, 0.2) is 39.7 Å². The number of aromatic nitrogens is 1. The number of benzene rings is 1. The Hall–Kier alpha value is -1.62. The van der Waals surface area contributed by atoms with Crippen LogP contribution in [-0.2, 0) is 11.3 Å². The van der Waals surface area contributed by atoms with E-state index in [9.17, 15) is 9.59 Å². The van der Waals surface area contributed by atoms with Gasteiger partial charge >= 0.3 is 0 Å². The highest BCUT2D eigenvalue weighted by Gasteiger charge is 2.06. The molecule has 94 valence electrons. The van der Waals surface area contributed by atoms with Crippen LogP contribution in [0, 0.1) is 0 Å². The minimum absolute atomic E-state index is 0.0431. The van der Waals surface area contributed by atoms with Gasteiger partial charge in [0.25, 0.3) is 0 Å². The quantitative estimate of drug-likeness (QED) is 0.941. The fraction of sp³-hybridized carbons (Fsp3) is 0.231. The Morgan fingerprint density at radius 1 is 1.39 bits per heavy atom. The van der Waals surface area contributed by atoms with Crippen molar-refractivity contribution in [2.75, 3.05) is 6.54 Å². The average Bonchev–Trinajstić information content (AvgIpc) is 2.33. The number of nitrogens with one attached hydrogen (secondary N) is 1. The number of nitrogens with zero attached hydrogens (tertiary/aromatic N) is 1. The van der Waals surface area contributed by atoms with Gasteiger partial charge < -0.3 is 9.88 Å². The molecular formula is C13H13BrN2O2. The number of pyridine rings is 1. The van der Waals surface area contributed by atoms with Crippen LogP contribution >= 0.6 is 15.9 Å². The predicted molar refractivity (Wildman–Crippen MR) is 74.6 cm³/mol. The fourth-order valence-corrected chi connectivity index (χ4v) is 2.19. The molecule has 1 amide bonds. The molecule has 0 radical (unpaired) electrons. The minimum Gasteiger partial charge on any atom is -0.355 e. The summed E-state index contributed by atoms with van der Waals surface area (Å²) < 4.78 is 2.62. The van der Waals surface area contributed by atoms with Crippen molar-refractivity contribution in [1.29, 1.82) is 0 Å². The van der Waals surface area contributed by atoms with E-state index in [0.717, 1.165) is 9.99 Å². The molecule has 0 saturated heterocycles. The van der Waals surface area contributed by atoms with E-state index in [4.69, 9.17) is 0 Å². The van der Waals surface area contributed by atoms with Gasteiger partial charge in [-0.3, -0.25) is 9.59 Å². The van der Waals surface area contributed by atoms with Gasteiger partial charge in [0.15, 0.2) is 5.43 Å². The van der Waals surface area contributed by atoms with Gasteiger partial charge in [-0.15, -0.1) is 0 Å². The molecule has 5 heteroatoms. The van der Waals surface area contributed by atoms with Crippen LogP contribution in [0.4, 0.5) is 0 Å². The summed E-state index contributed by atoms with van der Waals surface area (Å²) in [4.78, 5) is 23.3. The lowest BCUT2D eigenvalue weighted by Crippen LogP contribution is -2.27. The summed E-state index contributed by atoms with van der Waals surface area (Å²) in [5, 5.41) is 3.35. The van der Waals surface area contributed by atoms with Crippen molar-refractivity contribution in [2.24, 2.45) is 0 Å². The van der Waals surface area contributed by atoms with Gasteiger partial charge in [-0.25, -0.2) is 0 Å². The summed E-state index contributed by atoms with van der Waals surface area (Å²) in [5.41, 5.74) is 0.718. The number of carbonyl (C=O) groups is 1. The van der Waals surface area contributed by atoms with Crippen LogP contribution in [0.2, 0.25) is 0 Å². The van der Waals surface area contributed by atoms with Crippen LogP contribution in [0.25, 0.3) is 10.9 Å². The van der Waals surface area contributed by atoms with E-state index < -0.39 is 0 Å². The van der Waals surface area contributed by atoms with Crippen LogP contribution < -0.4 is 10.7 Å². The molecule has 2 rings (SSSR count). The lowest BCUT2D eigenvalue weighted by atomic mass is 10.2. The molecule has 0 unspecified atom stereocenters. The van der Waals surface area contributed by atoms with E-state index in [1.165, 1.54) is 6.07 Å². The highest BCUT2D eigenvalue weighted by atomic mass is 79.9. The molecule has 1 aromatic carbocycles. The summed E-state index contributed by atoms with van der Waals surface area (Å²) in [6.45, 7) is 2.69. The first-order valence-electron chi connectivity index (χ1n) is 5.67. The van der Waals surface area contributed by atoms with Crippen LogP contribution in [-0.4, -0.2) is 17.0 Å². The summed E-state index contributed by atoms with van der Waals surface area (Å²) in [5.74, 6) is -0.0645. The molecule has 2 aromatic rings. The molecule has 0 aliphatic rings. The average molecular weight is 309 g/mol.